The summed E-state index contributed by atoms with van der Waals surface area (Å²) in [7, 11) is 0. The summed E-state index contributed by atoms with van der Waals surface area (Å²) in [6, 6.07) is 8.35. The maximum Gasteiger partial charge on any atom is 0.230 e. The van der Waals surface area contributed by atoms with Crippen LogP contribution in [0.1, 0.15) is 50.8 Å². The molecule has 1 unspecified atom stereocenters. The third-order valence-corrected chi connectivity index (χ3v) is 4.77. The predicted molar refractivity (Wildman–Crippen MR) is 106 cm³/mol. The van der Waals surface area contributed by atoms with Crippen LogP contribution in [0.5, 0.6) is 0 Å². The van der Waals surface area contributed by atoms with Gasteiger partial charge in [0, 0.05) is 0 Å². The monoisotopic (exact) mass is 374 g/mol. The molecule has 2 aromatic rings. The Kier molecular flexibility index (Phi) is 6.79. The Bertz CT molecular complexity index is 728. The number of benzene rings is 1. The van der Waals surface area contributed by atoms with Gasteiger partial charge in [0.15, 0.2) is 5.16 Å². The average Bonchev–Trinajstić information content (AvgIpc) is 2.57. The van der Waals surface area contributed by atoms with E-state index >= 15 is 0 Å². The molecule has 5 N–H and O–H groups in total. The molecule has 0 radical (unpaired) electrons. The summed E-state index contributed by atoms with van der Waals surface area (Å²) in [6.45, 7) is 8.49. The highest BCUT2D eigenvalue weighted by atomic mass is 32.2. The average molecular weight is 375 g/mol. The van der Waals surface area contributed by atoms with Crippen molar-refractivity contribution in [2.45, 2.75) is 44.8 Å². The van der Waals surface area contributed by atoms with Gasteiger partial charge in [0.25, 0.3) is 0 Å². The molecule has 0 saturated carbocycles. The molecule has 0 bridgehead atoms. The highest BCUT2D eigenvalue weighted by molar-refractivity contribution is 7.99. The third-order valence-electron chi connectivity index (χ3n) is 3.93. The van der Waals surface area contributed by atoms with E-state index in [1.807, 2.05) is 0 Å². The van der Waals surface area contributed by atoms with Gasteiger partial charge in [-0.3, -0.25) is 4.79 Å². The van der Waals surface area contributed by atoms with Crippen LogP contribution in [0.2, 0.25) is 0 Å². The van der Waals surface area contributed by atoms with E-state index < -0.39 is 0 Å². The van der Waals surface area contributed by atoms with E-state index in [1.54, 1.807) is 0 Å². The number of carbonyl (C=O) groups excluding carboxylic acids is 1. The molecule has 26 heavy (non-hydrogen) atoms. The van der Waals surface area contributed by atoms with E-state index in [2.05, 4.69) is 72.2 Å². The first-order valence-corrected chi connectivity index (χ1v) is 9.54. The van der Waals surface area contributed by atoms with Gasteiger partial charge in [-0.25, -0.2) is 0 Å². The molecule has 0 fully saturated rings. The molecule has 0 aliphatic rings. The number of nitrogens with zero attached hydrogens (tertiary/aromatic N) is 3. The molecule has 1 aromatic carbocycles. The number of nitrogen functional groups attached to an aromatic ring is 2. The minimum absolute atomic E-state index is 0.0470. The van der Waals surface area contributed by atoms with E-state index in [-0.39, 0.29) is 35.5 Å². The zero-order valence-corrected chi connectivity index (χ0v) is 16.4. The fraction of sp³-hybridized carbons (Fsp3) is 0.444. The van der Waals surface area contributed by atoms with E-state index in [0.29, 0.717) is 11.1 Å². The van der Waals surface area contributed by atoms with Crippen molar-refractivity contribution in [2.24, 2.45) is 5.92 Å². The summed E-state index contributed by atoms with van der Waals surface area (Å²) in [5, 5.41) is 3.43. The SMILES string of the molecule is CC(C)c1ccc(C(NC(=O)CSc2nc(N)nc(N)n2)C(C)C)cc1. The molecule has 1 heterocycles. The van der Waals surface area contributed by atoms with Crippen molar-refractivity contribution < 1.29 is 4.79 Å². The van der Waals surface area contributed by atoms with Crippen LogP contribution < -0.4 is 16.8 Å². The summed E-state index contributed by atoms with van der Waals surface area (Å²) in [4.78, 5) is 24.0. The van der Waals surface area contributed by atoms with Crippen molar-refractivity contribution in [2.75, 3.05) is 17.2 Å². The molecule has 0 aliphatic heterocycles. The van der Waals surface area contributed by atoms with Crippen molar-refractivity contribution in [3.05, 3.63) is 35.4 Å². The van der Waals surface area contributed by atoms with E-state index in [4.69, 9.17) is 11.5 Å². The van der Waals surface area contributed by atoms with Gasteiger partial charge in [-0.2, -0.15) is 15.0 Å². The summed E-state index contributed by atoms with van der Waals surface area (Å²) >= 11 is 1.18. The quantitative estimate of drug-likeness (QED) is 0.637. The largest absolute Gasteiger partial charge is 0.368 e. The lowest BCUT2D eigenvalue weighted by atomic mass is 9.93. The molecule has 0 aliphatic carbocycles. The summed E-state index contributed by atoms with van der Waals surface area (Å²) in [5.74, 6) is 0.914. The van der Waals surface area contributed by atoms with Crippen LogP contribution in [0.25, 0.3) is 0 Å². The van der Waals surface area contributed by atoms with Crippen LogP contribution in [-0.4, -0.2) is 26.6 Å². The Labute approximate surface area is 158 Å². The molecule has 8 heteroatoms. The topological polar surface area (TPSA) is 120 Å². The Morgan fingerprint density at radius 1 is 1.00 bits per heavy atom. The number of thioether (sulfide) groups is 1. The van der Waals surface area contributed by atoms with Crippen LogP contribution in [0, 0.1) is 5.92 Å². The Balaban J connectivity index is 2.01. The van der Waals surface area contributed by atoms with Crippen molar-refractivity contribution in [1.82, 2.24) is 20.3 Å². The highest BCUT2D eigenvalue weighted by Gasteiger charge is 2.19. The van der Waals surface area contributed by atoms with Crippen molar-refractivity contribution in [3.63, 3.8) is 0 Å². The van der Waals surface area contributed by atoms with Crippen LogP contribution in [-0.2, 0) is 4.79 Å². The van der Waals surface area contributed by atoms with Gasteiger partial charge >= 0.3 is 0 Å². The zero-order chi connectivity index (χ0) is 19.3. The lowest BCUT2D eigenvalue weighted by molar-refractivity contribution is -0.119. The fourth-order valence-electron chi connectivity index (χ4n) is 2.52. The highest BCUT2D eigenvalue weighted by Crippen LogP contribution is 2.24. The Hall–Kier alpha value is -2.35. The lowest BCUT2D eigenvalue weighted by Gasteiger charge is -2.23. The molecule has 0 spiro atoms. The van der Waals surface area contributed by atoms with Crippen molar-refractivity contribution in [3.8, 4) is 0 Å². The summed E-state index contributed by atoms with van der Waals surface area (Å²) in [6.07, 6.45) is 0. The van der Waals surface area contributed by atoms with Gasteiger partial charge in [-0.15, -0.1) is 0 Å². The molecule has 1 aromatic heterocycles. The minimum atomic E-state index is -0.0980. The van der Waals surface area contributed by atoms with E-state index in [0.717, 1.165) is 5.56 Å². The van der Waals surface area contributed by atoms with Gasteiger partial charge < -0.3 is 16.8 Å². The maximum atomic E-state index is 12.4. The molecule has 140 valence electrons. The summed E-state index contributed by atoms with van der Waals surface area (Å²) < 4.78 is 0. The lowest BCUT2D eigenvalue weighted by Crippen LogP contribution is -2.33. The summed E-state index contributed by atoms with van der Waals surface area (Å²) in [5.41, 5.74) is 13.5. The first-order chi connectivity index (χ1) is 12.3. The molecule has 7 nitrogen and oxygen atoms in total. The molecular formula is C18H26N6OS. The number of carbonyl (C=O) groups is 1. The van der Waals surface area contributed by atoms with Crippen LogP contribution >= 0.6 is 11.8 Å². The molecule has 2 rings (SSSR count). The van der Waals surface area contributed by atoms with E-state index in [1.165, 1.54) is 17.3 Å². The van der Waals surface area contributed by atoms with Crippen molar-refractivity contribution >= 4 is 29.6 Å². The van der Waals surface area contributed by atoms with Gasteiger partial charge in [-0.1, -0.05) is 63.7 Å². The molecular weight excluding hydrogens is 348 g/mol. The number of amides is 1. The normalized spacial score (nSPS) is 12.4. The maximum absolute atomic E-state index is 12.4. The molecule has 1 atom stereocenters. The minimum Gasteiger partial charge on any atom is -0.368 e. The number of rotatable bonds is 7. The van der Waals surface area contributed by atoms with Crippen LogP contribution in [0.3, 0.4) is 0 Å². The van der Waals surface area contributed by atoms with Crippen LogP contribution in [0.15, 0.2) is 29.4 Å². The van der Waals surface area contributed by atoms with Gasteiger partial charge in [0.05, 0.1) is 11.8 Å². The zero-order valence-electron chi connectivity index (χ0n) is 15.6. The second kappa shape index (κ2) is 8.84. The number of anilines is 2. The predicted octanol–water partition coefficient (Wildman–Crippen LogP) is 2.77. The van der Waals surface area contributed by atoms with Gasteiger partial charge in [-0.05, 0) is 23.0 Å². The van der Waals surface area contributed by atoms with E-state index in [9.17, 15) is 4.79 Å². The number of hydrogen-bond acceptors (Lipinski definition) is 7. The Morgan fingerprint density at radius 2 is 1.54 bits per heavy atom. The molecule has 0 saturated heterocycles. The second-order valence-corrected chi connectivity index (χ2v) is 7.68. The second-order valence-electron chi connectivity index (χ2n) is 6.73. The van der Waals surface area contributed by atoms with Crippen molar-refractivity contribution in [1.29, 1.82) is 0 Å². The smallest absolute Gasteiger partial charge is 0.230 e. The number of aromatic nitrogens is 3. The third kappa shape index (κ3) is 5.59. The fourth-order valence-corrected chi connectivity index (χ4v) is 3.18. The standard InChI is InChI=1S/C18H26N6OS/c1-10(2)12-5-7-13(8-6-12)15(11(3)4)21-14(25)9-26-18-23-16(19)22-17(20)24-18/h5-8,10-11,15H,9H2,1-4H3,(H,21,25)(H4,19,20,22,23,24). The number of nitrogens with two attached hydrogens (primary N) is 2. The van der Waals surface area contributed by atoms with Gasteiger partial charge in [0.2, 0.25) is 17.8 Å². The molecule has 1 amide bonds. The Morgan fingerprint density at radius 3 is 2.04 bits per heavy atom. The first kappa shape index (κ1) is 20.0. The number of nitrogens with one attached hydrogen (secondary N) is 1. The number of hydrogen-bond donors (Lipinski definition) is 3. The van der Waals surface area contributed by atoms with Crippen LogP contribution in [0.4, 0.5) is 11.9 Å². The van der Waals surface area contributed by atoms with Gasteiger partial charge in [0.1, 0.15) is 0 Å². The first-order valence-electron chi connectivity index (χ1n) is 8.55.